The fraction of sp³-hybridized carbons (Fsp3) is 0.417. The van der Waals surface area contributed by atoms with Crippen LogP contribution < -0.4 is 15.8 Å². The zero-order valence-corrected chi connectivity index (χ0v) is 18.6. The first-order chi connectivity index (χ1) is 15.1. The van der Waals surface area contributed by atoms with Crippen molar-refractivity contribution in [1.29, 1.82) is 0 Å². The number of imidazole rings is 1. The van der Waals surface area contributed by atoms with Gasteiger partial charge in [0.15, 0.2) is 11.4 Å². The van der Waals surface area contributed by atoms with E-state index in [2.05, 4.69) is 10.3 Å². The summed E-state index contributed by atoms with van der Waals surface area (Å²) >= 11 is 5.98. The number of fused-ring (bicyclic) bond motifs is 1. The number of hydrogen-bond acceptors (Lipinski definition) is 4. The molecule has 1 aliphatic rings. The Morgan fingerprint density at radius 2 is 2.00 bits per heavy atom. The van der Waals surface area contributed by atoms with E-state index in [-0.39, 0.29) is 18.5 Å². The Morgan fingerprint density at radius 3 is 2.71 bits per heavy atom. The summed E-state index contributed by atoms with van der Waals surface area (Å²) in [5.74, 6) is 1.08. The Labute approximate surface area is 187 Å². The Balaban J connectivity index is 1.54. The molecule has 0 aliphatic heterocycles. The van der Waals surface area contributed by atoms with E-state index in [1.54, 1.807) is 16.5 Å². The van der Waals surface area contributed by atoms with E-state index in [1.165, 1.54) is 32.1 Å². The van der Waals surface area contributed by atoms with Gasteiger partial charge in [0.1, 0.15) is 5.69 Å². The van der Waals surface area contributed by atoms with Crippen molar-refractivity contribution in [2.75, 3.05) is 13.2 Å². The number of nitrogens with zero attached hydrogens (tertiary/aromatic N) is 2. The molecule has 1 fully saturated rings. The Bertz CT molecular complexity index is 1040. The Hall–Kier alpha value is -2.57. The molecule has 2 aromatic heterocycles. The van der Waals surface area contributed by atoms with Gasteiger partial charge in [-0.3, -0.25) is 9.20 Å². The van der Waals surface area contributed by atoms with E-state index in [0.717, 1.165) is 5.56 Å². The number of carbonyl (C=O) groups is 1. The molecule has 4 rings (SSSR count). The first-order valence-electron chi connectivity index (χ1n) is 10.9. The second-order valence-electron chi connectivity index (χ2n) is 8.24. The Kier molecular flexibility index (Phi) is 6.78. The third-order valence-electron chi connectivity index (χ3n) is 6.02. The Morgan fingerprint density at radius 1 is 1.26 bits per heavy atom. The fourth-order valence-corrected chi connectivity index (χ4v) is 4.43. The number of aromatic nitrogens is 2. The minimum atomic E-state index is -0.319. The average Bonchev–Trinajstić information content (AvgIpc) is 3.13. The maximum absolute atomic E-state index is 13.2. The second kappa shape index (κ2) is 9.71. The van der Waals surface area contributed by atoms with Gasteiger partial charge in [-0.15, -0.1) is 0 Å². The van der Waals surface area contributed by atoms with Crippen molar-refractivity contribution in [3.05, 3.63) is 64.6 Å². The summed E-state index contributed by atoms with van der Waals surface area (Å²) < 4.78 is 7.94. The minimum Gasteiger partial charge on any atom is -0.489 e. The van der Waals surface area contributed by atoms with Crippen LogP contribution in [-0.2, 0) is 0 Å². The van der Waals surface area contributed by atoms with Gasteiger partial charge in [0, 0.05) is 17.8 Å². The molecule has 3 aromatic rings. The first kappa shape index (κ1) is 21.7. The van der Waals surface area contributed by atoms with Crippen LogP contribution in [0.25, 0.3) is 5.65 Å². The zero-order chi connectivity index (χ0) is 21.8. The lowest BCUT2D eigenvalue weighted by atomic mass is 9.90. The summed E-state index contributed by atoms with van der Waals surface area (Å²) in [7, 11) is 0. The van der Waals surface area contributed by atoms with Gasteiger partial charge in [-0.1, -0.05) is 43.0 Å². The van der Waals surface area contributed by atoms with Crippen LogP contribution in [0, 0.1) is 12.8 Å². The lowest BCUT2D eigenvalue weighted by molar-refractivity contribution is 0.0931. The van der Waals surface area contributed by atoms with Crippen molar-refractivity contribution in [1.82, 2.24) is 14.7 Å². The van der Waals surface area contributed by atoms with Crippen LogP contribution >= 0.6 is 11.6 Å². The van der Waals surface area contributed by atoms with Gasteiger partial charge in [0.25, 0.3) is 5.91 Å². The largest absolute Gasteiger partial charge is 0.489 e. The van der Waals surface area contributed by atoms with Crippen LogP contribution in [0.5, 0.6) is 5.75 Å². The second-order valence-corrected chi connectivity index (χ2v) is 8.68. The number of nitrogens with one attached hydrogen (secondary N) is 1. The minimum absolute atomic E-state index is 0.222. The molecule has 164 valence electrons. The fourth-order valence-electron chi connectivity index (χ4n) is 4.30. The van der Waals surface area contributed by atoms with Crippen molar-refractivity contribution in [3.8, 4) is 5.75 Å². The lowest BCUT2D eigenvalue weighted by Gasteiger charge is -2.21. The molecular formula is C24H29ClN4O2. The standard InChI is InChI=1S/C24H29ClN4O2/c1-16-22(24(30)28-20(14-26)18-9-11-19(25)12-10-18)29-13-5-8-21(23(29)27-16)31-15-17-6-3-2-4-7-17/h5,8-13,17,20H,2-4,6-7,14-15,26H2,1H3,(H,28,30). The van der Waals surface area contributed by atoms with E-state index in [1.807, 2.05) is 37.4 Å². The van der Waals surface area contributed by atoms with Gasteiger partial charge in [-0.25, -0.2) is 4.98 Å². The van der Waals surface area contributed by atoms with Gasteiger partial charge in [0.05, 0.1) is 18.3 Å². The number of carbonyl (C=O) groups excluding carboxylic acids is 1. The van der Waals surface area contributed by atoms with Gasteiger partial charge >= 0.3 is 0 Å². The van der Waals surface area contributed by atoms with Crippen LogP contribution in [0.4, 0.5) is 0 Å². The predicted octanol–water partition coefficient (Wildman–Crippen LogP) is 4.69. The van der Waals surface area contributed by atoms with Crippen LogP contribution in [0.2, 0.25) is 5.02 Å². The molecule has 0 radical (unpaired) electrons. The van der Waals surface area contributed by atoms with Crippen LogP contribution in [0.15, 0.2) is 42.6 Å². The molecular weight excluding hydrogens is 412 g/mol. The third-order valence-corrected chi connectivity index (χ3v) is 6.27. The molecule has 3 N–H and O–H groups in total. The highest BCUT2D eigenvalue weighted by Gasteiger charge is 2.22. The molecule has 2 heterocycles. The smallest absolute Gasteiger partial charge is 0.270 e. The number of amides is 1. The molecule has 0 spiro atoms. The number of benzene rings is 1. The third kappa shape index (κ3) is 4.86. The number of halogens is 1. The van der Waals surface area contributed by atoms with Gasteiger partial charge in [0.2, 0.25) is 0 Å². The zero-order valence-electron chi connectivity index (χ0n) is 17.8. The number of ether oxygens (including phenoxy) is 1. The van der Waals surface area contributed by atoms with Gasteiger partial charge in [-0.2, -0.15) is 0 Å². The van der Waals surface area contributed by atoms with Crippen molar-refractivity contribution in [2.24, 2.45) is 11.7 Å². The van der Waals surface area contributed by atoms with Crippen molar-refractivity contribution >= 4 is 23.2 Å². The number of pyridine rings is 1. The molecule has 0 bridgehead atoms. The van der Waals surface area contributed by atoms with Crippen LogP contribution in [0.1, 0.15) is 59.9 Å². The molecule has 1 aromatic carbocycles. The number of rotatable bonds is 7. The number of nitrogens with two attached hydrogens (primary N) is 1. The molecule has 7 heteroatoms. The summed E-state index contributed by atoms with van der Waals surface area (Å²) in [6, 6.07) is 10.8. The van der Waals surface area contributed by atoms with Crippen LogP contribution in [0.3, 0.4) is 0 Å². The maximum Gasteiger partial charge on any atom is 0.270 e. The molecule has 1 saturated carbocycles. The number of hydrogen-bond donors (Lipinski definition) is 2. The highest BCUT2D eigenvalue weighted by Crippen LogP contribution is 2.27. The summed E-state index contributed by atoms with van der Waals surface area (Å²) in [5, 5.41) is 3.68. The topological polar surface area (TPSA) is 81.7 Å². The SMILES string of the molecule is Cc1nc2c(OCC3CCCCC3)cccn2c1C(=O)NC(CN)c1ccc(Cl)cc1. The maximum atomic E-state index is 13.2. The summed E-state index contributed by atoms with van der Waals surface area (Å²) in [4.78, 5) is 17.8. The molecule has 31 heavy (non-hydrogen) atoms. The van der Waals surface area contributed by atoms with E-state index in [9.17, 15) is 4.79 Å². The molecule has 1 aliphatic carbocycles. The lowest BCUT2D eigenvalue weighted by Crippen LogP contribution is -2.34. The van der Waals surface area contributed by atoms with E-state index in [4.69, 9.17) is 22.1 Å². The molecule has 6 nitrogen and oxygen atoms in total. The monoisotopic (exact) mass is 440 g/mol. The quantitative estimate of drug-likeness (QED) is 0.558. The van der Waals surface area contributed by atoms with E-state index in [0.29, 0.717) is 40.3 Å². The van der Waals surface area contributed by atoms with Crippen LogP contribution in [-0.4, -0.2) is 28.4 Å². The predicted molar refractivity (Wildman–Crippen MR) is 123 cm³/mol. The van der Waals surface area contributed by atoms with Crippen molar-refractivity contribution in [2.45, 2.75) is 45.1 Å². The highest BCUT2D eigenvalue weighted by molar-refractivity contribution is 6.30. The van der Waals surface area contributed by atoms with Gasteiger partial charge < -0.3 is 15.8 Å². The average molecular weight is 441 g/mol. The first-order valence-corrected chi connectivity index (χ1v) is 11.3. The van der Waals surface area contributed by atoms with E-state index < -0.39 is 0 Å². The summed E-state index contributed by atoms with van der Waals surface area (Å²) in [6.07, 6.45) is 8.16. The molecule has 0 saturated heterocycles. The van der Waals surface area contributed by atoms with Crippen molar-refractivity contribution in [3.63, 3.8) is 0 Å². The van der Waals surface area contributed by atoms with Gasteiger partial charge in [-0.05, 0) is 55.5 Å². The number of aryl methyl sites for hydroxylation is 1. The summed E-state index contributed by atoms with van der Waals surface area (Å²) in [5.41, 5.74) is 8.65. The van der Waals surface area contributed by atoms with E-state index >= 15 is 0 Å². The molecule has 1 amide bonds. The summed E-state index contributed by atoms with van der Waals surface area (Å²) in [6.45, 7) is 2.81. The van der Waals surface area contributed by atoms with Crippen molar-refractivity contribution < 1.29 is 9.53 Å². The molecule has 1 unspecified atom stereocenters. The molecule has 1 atom stereocenters. The highest BCUT2D eigenvalue weighted by atomic mass is 35.5. The normalized spacial score (nSPS) is 15.7.